The molecule has 104 valence electrons. The smallest absolute Gasteiger partial charge is 0.310 e. The fourth-order valence-corrected chi connectivity index (χ4v) is 1.84. The minimum atomic E-state index is -0.847. The minimum Gasteiger partial charge on any atom is -0.481 e. The number of halogens is 1. The van der Waals surface area contributed by atoms with Gasteiger partial charge in [0.05, 0.1) is 4.92 Å². The number of carbonyl (C=O) groups is 1. The van der Waals surface area contributed by atoms with Crippen LogP contribution in [0.4, 0.5) is 11.4 Å². The summed E-state index contributed by atoms with van der Waals surface area (Å²) >= 11 is 5.78. The Hall–Kier alpha value is -1.82. The first-order valence-corrected chi connectivity index (χ1v) is 6.18. The topological polar surface area (TPSA) is 92.5 Å². The molecule has 0 radical (unpaired) electrons. The van der Waals surface area contributed by atoms with Crippen LogP contribution in [-0.2, 0) is 4.79 Å². The normalized spacial score (nSPS) is 11.9. The molecule has 1 atom stereocenters. The van der Waals surface area contributed by atoms with Gasteiger partial charge in [0.15, 0.2) is 0 Å². The number of nitro groups is 1. The number of hydrogen-bond donors (Lipinski definition) is 2. The molecule has 0 saturated heterocycles. The van der Waals surface area contributed by atoms with Crippen molar-refractivity contribution in [2.24, 2.45) is 5.92 Å². The summed E-state index contributed by atoms with van der Waals surface area (Å²) in [4.78, 5) is 20.8. The second kappa shape index (κ2) is 6.94. The van der Waals surface area contributed by atoms with Crippen molar-refractivity contribution in [3.63, 3.8) is 0 Å². The summed E-state index contributed by atoms with van der Waals surface area (Å²) in [6, 6.07) is 4.66. The third-order valence-corrected chi connectivity index (χ3v) is 2.97. The fraction of sp³-hybridized carbons (Fsp3) is 0.417. The molecule has 1 aromatic rings. The van der Waals surface area contributed by atoms with Crippen molar-refractivity contribution in [2.45, 2.75) is 19.8 Å². The summed E-state index contributed by atoms with van der Waals surface area (Å²) in [5.74, 6) is -0.754. The van der Waals surface area contributed by atoms with Crippen molar-refractivity contribution in [3.05, 3.63) is 33.3 Å². The van der Waals surface area contributed by atoms with Gasteiger partial charge in [-0.25, -0.2) is 0 Å². The van der Waals surface area contributed by atoms with Gasteiger partial charge in [-0.05, 0) is 24.5 Å². The Bertz CT molecular complexity index is 479. The molecule has 2 N–H and O–H groups in total. The van der Waals surface area contributed by atoms with Crippen LogP contribution >= 0.6 is 11.6 Å². The van der Waals surface area contributed by atoms with E-state index in [0.717, 1.165) is 0 Å². The van der Waals surface area contributed by atoms with Crippen molar-refractivity contribution < 1.29 is 14.8 Å². The highest BCUT2D eigenvalue weighted by atomic mass is 35.5. The van der Waals surface area contributed by atoms with E-state index in [4.69, 9.17) is 16.7 Å². The zero-order chi connectivity index (χ0) is 14.4. The quantitative estimate of drug-likeness (QED) is 0.593. The predicted octanol–water partition coefficient (Wildman–Crippen LogP) is 3.16. The monoisotopic (exact) mass is 286 g/mol. The van der Waals surface area contributed by atoms with Gasteiger partial charge in [-0.1, -0.05) is 24.6 Å². The Morgan fingerprint density at radius 1 is 1.58 bits per heavy atom. The van der Waals surface area contributed by atoms with Gasteiger partial charge in [-0.15, -0.1) is 0 Å². The Labute approximate surface area is 115 Å². The zero-order valence-corrected chi connectivity index (χ0v) is 11.2. The predicted molar refractivity (Wildman–Crippen MR) is 72.6 cm³/mol. The molecule has 0 bridgehead atoms. The van der Waals surface area contributed by atoms with Crippen LogP contribution in [0.3, 0.4) is 0 Å². The lowest BCUT2D eigenvalue weighted by Gasteiger charge is -2.13. The Balaban J connectivity index is 2.65. The highest BCUT2D eigenvalue weighted by Crippen LogP contribution is 2.32. The first-order valence-electron chi connectivity index (χ1n) is 5.80. The van der Waals surface area contributed by atoms with Crippen LogP contribution in [0.2, 0.25) is 5.02 Å². The summed E-state index contributed by atoms with van der Waals surface area (Å²) in [6.07, 6.45) is 0.594. The standard InChI is InChI=1S/C12H15ClN2O4/c1-8(5-6-11(16)17)7-14-10-4-2-3-9(13)12(10)15(18)19/h2-4,8,14H,5-7H2,1H3,(H,16,17). The average Bonchev–Trinajstić information content (AvgIpc) is 2.33. The van der Waals surface area contributed by atoms with E-state index in [-0.39, 0.29) is 23.0 Å². The molecule has 6 nitrogen and oxygen atoms in total. The molecule has 0 fully saturated rings. The largest absolute Gasteiger partial charge is 0.481 e. The van der Waals surface area contributed by atoms with E-state index < -0.39 is 10.9 Å². The second-order valence-electron chi connectivity index (χ2n) is 4.31. The van der Waals surface area contributed by atoms with E-state index in [9.17, 15) is 14.9 Å². The van der Waals surface area contributed by atoms with E-state index in [1.807, 2.05) is 6.92 Å². The van der Waals surface area contributed by atoms with E-state index >= 15 is 0 Å². The number of hydrogen-bond acceptors (Lipinski definition) is 4. The maximum absolute atomic E-state index is 10.9. The number of nitrogens with one attached hydrogen (secondary N) is 1. The van der Waals surface area contributed by atoms with Crippen LogP contribution in [0, 0.1) is 16.0 Å². The molecule has 0 amide bonds. The number of nitro benzene ring substituents is 1. The Kier molecular flexibility index (Phi) is 5.57. The van der Waals surface area contributed by atoms with Gasteiger partial charge < -0.3 is 10.4 Å². The maximum atomic E-state index is 10.9. The second-order valence-corrected chi connectivity index (χ2v) is 4.72. The van der Waals surface area contributed by atoms with Crippen LogP contribution in [0.5, 0.6) is 0 Å². The molecule has 1 aromatic carbocycles. The number of rotatable bonds is 7. The first kappa shape index (κ1) is 15.2. The van der Waals surface area contributed by atoms with Crippen molar-refractivity contribution in [3.8, 4) is 0 Å². The van der Waals surface area contributed by atoms with E-state index in [0.29, 0.717) is 18.7 Å². The van der Waals surface area contributed by atoms with E-state index in [1.165, 1.54) is 6.07 Å². The van der Waals surface area contributed by atoms with Crippen LogP contribution in [0.1, 0.15) is 19.8 Å². The van der Waals surface area contributed by atoms with Crippen molar-refractivity contribution in [2.75, 3.05) is 11.9 Å². The number of carboxylic acid groups (broad SMARTS) is 1. The molecule has 0 aromatic heterocycles. The number of anilines is 1. The summed E-state index contributed by atoms with van der Waals surface area (Å²) in [5, 5.41) is 22.5. The fourth-order valence-electron chi connectivity index (χ4n) is 1.60. The summed E-state index contributed by atoms with van der Waals surface area (Å²) < 4.78 is 0. The van der Waals surface area contributed by atoms with Gasteiger partial charge in [0.25, 0.3) is 0 Å². The molecule has 19 heavy (non-hydrogen) atoms. The summed E-state index contributed by atoms with van der Waals surface area (Å²) in [5.41, 5.74) is 0.189. The van der Waals surface area contributed by atoms with Crippen LogP contribution in [0.25, 0.3) is 0 Å². The SMILES string of the molecule is CC(CCC(=O)O)CNc1cccc(Cl)c1[N+](=O)[O-]. The molecule has 1 rings (SSSR count). The van der Waals surface area contributed by atoms with Gasteiger partial charge in [-0.2, -0.15) is 0 Å². The molecule has 0 heterocycles. The lowest BCUT2D eigenvalue weighted by Crippen LogP contribution is -2.13. The molecule has 0 spiro atoms. The molecule has 0 aliphatic rings. The number of nitrogens with zero attached hydrogens (tertiary/aromatic N) is 1. The average molecular weight is 287 g/mol. The minimum absolute atomic E-state index is 0.0770. The molecule has 7 heteroatoms. The van der Waals surface area contributed by atoms with Gasteiger partial charge in [0.2, 0.25) is 0 Å². The molecular formula is C12H15ClN2O4. The number of benzene rings is 1. The number of carboxylic acids is 1. The third-order valence-electron chi connectivity index (χ3n) is 2.66. The zero-order valence-electron chi connectivity index (χ0n) is 10.4. The van der Waals surface area contributed by atoms with Crippen molar-refractivity contribution in [1.82, 2.24) is 0 Å². The first-order chi connectivity index (χ1) is 8.91. The lowest BCUT2D eigenvalue weighted by molar-refractivity contribution is -0.383. The van der Waals surface area contributed by atoms with Crippen LogP contribution < -0.4 is 5.32 Å². The molecular weight excluding hydrogens is 272 g/mol. The number of para-hydroxylation sites is 1. The van der Waals surface area contributed by atoms with Gasteiger partial charge in [-0.3, -0.25) is 14.9 Å². The maximum Gasteiger partial charge on any atom is 0.310 e. The third kappa shape index (κ3) is 4.75. The number of aliphatic carboxylic acids is 1. The molecule has 0 aliphatic heterocycles. The molecule has 0 saturated carbocycles. The Morgan fingerprint density at radius 3 is 2.84 bits per heavy atom. The Morgan fingerprint density at radius 2 is 2.26 bits per heavy atom. The molecule has 1 unspecified atom stereocenters. The summed E-state index contributed by atoms with van der Waals surface area (Å²) in [6.45, 7) is 2.33. The van der Waals surface area contributed by atoms with Gasteiger partial charge in [0, 0.05) is 13.0 Å². The van der Waals surface area contributed by atoms with Crippen LogP contribution in [0.15, 0.2) is 18.2 Å². The van der Waals surface area contributed by atoms with Crippen molar-refractivity contribution >= 4 is 28.9 Å². The van der Waals surface area contributed by atoms with Crippen LogP contribution in [-0.4, -0.2) is 22.5 Å². The van der Waals surface area contributed by atoms with E-state index in [1.54, 1.807) is 12.1 Å². The van der Waals surface area contributed by atoms with Gasteiger partial charge in [0.1, 0.15) is 10.7 Å². The van der Waals surface area contributed by atoms with Crippen molar-refractivity contribution in [1.29, 1.82) is 0 Å². The lowest BCUT2D eigenvalue weighted by atomic mass is 10.1. The van der Waals surface area contributed by atoms with Gasteiger partial charge >= 0.3 is 11.7 Å². The summed E-state index contributed by atoms with van der Waals surface area (Å²) in [7, 11) is 0. The van der Waals surface area contributed by atoms with E-state index in [2.05, 4.69) is 5.32 Å². The highest BCUT2D eigenvalue weighted by molar-refractivity contribution is 6.33. The molecule has 0 aliphatic carbocycles. The highest BCUT2D eigenvalue weighted by Gasteiger charge is 2.18.